The minimum atomic E-state index is 0.455. The van der Waals surface area contributed by atoms with Crippen LogP contribution in [0.5, 0.6) is 0 Å². The molecular weight excluding hydrogens is 366 g/mol. The van der Waals surface area contributed by atoms with E-state index in [1.807, 2.05) is 11.8 Å². The van der Waals surface area contributed by atoms with Crippen LogP contribution in [0.3, 0.4) is 0 Å². The molecule has 0 unspecified atom stereocenters. The van der Waals surface area contributed by atoms with Gasteiger partial charge in [-0.05, 0) is 10.3 Å². The Balaban J connectivity index is 1.42. The van der Waals surface area contributed by atoms with Crippen molar-refractivity contribution in [1.82, 2.24) is 30.2 Å². The SMILES string of the molecule is c1cnc(N2CCN(c3nc4nonc4nc3N3CCSCC3)CC2)cn1. The minimum Gasteiger partial charge on any atom is -0.352 e. The fourth-order valence-electron chi connectivity index (χ4n) is 3.42. The fraction of sp³-hybridized carbons (Fsp3) is 0.500. The highest BCUT2D eigenvalue weighted by molar-refractivity contribution is 7.99. The van der Waals surface area contributed by atoms with E-state index in [4.69, 9.17) is 14.6 Å². The Morgan fingerprint density at radius 3 is 2.04 bits per heavy atom. The monoisotopic (exact) mass is 385 g/mol. The maximum Gasteiger partial charge on any atom is 0.245 e. The lowest BCUT2D eigenvalue weighted by atomic mass is 10.3. The van der Waals surface area contributed by atoms with Gasteiger partial charge < -0.3 is 14.7 Å². The van der Waals surface area contributed by atoms with Crippen LogP contribution in [-0.4, -0.2) is 81.0 Å². The van der Waals surface area contributed by atoms with Crippen molar-refractivity contribution in [2.24, 2.45) is 0 Å². The molecule has 0 radical (unpaired) electrons. The van der Waals surface area contributed by atoms with Crippen molar-refractivity contribution in [2.45, 2.75) is 0 Å². The van der Waals surface area contributed by atoms with Crippen LogP contribution in [0.15, 0.2) is 23.2 Å². The number of thioether (sulfide) groups is 1. The van der Waals surface area contributed by atoms with Crippen LogP contribution in [0.25, 0.3) is 11.3 Å². The largest absolute Gasteiger partial charge is 0.352 e. The number of aromatic nitrogens is 6. The van der Waals surface area contributed by atoms with Crippen LogP contribution in [0.2, 0.25) is 0 Å². The van der Waals surface area contributed by atoms with Crippen molar-refractivity contribution in [3.05, 3.63) is 18.6 Å². The molecule has 2 fully saturated rings. The normalized spacial score (nSPS) is 18.3. The molecule has 0 spiro atoms. The van der Waals surface area contributed by atoms with Gasteiger partial charge in [-0.15, -0.1) is 0 Å². The summed E-state index contributed by atoms with van der Waals surface area (Å²) < 4.78 is 4.83. The second-order valence-corrected chi connectivity index (χ2v) is 7.64. The molecule has 140 valence electrons. The zero-order chi connectivity index (χ0) is 18.1. The van der Waals surface area contributed by atoms with E-state index >= 15 is 0 Å². The first-order chi connectivity index (χ1) is 13.4. The number of hydrogen-bond donors (Lipinski definition) is 0. The van der Waals surface area contributed by atoms with Gasteiger partial charge in [-0.25, -0.2) is 19.6 Å². The Kier molecular flexibility index (Phi) is 4.36. The van der Waals surface area contributed by atoms with E-state index in [2.05, 4.69) is 35.0 Å². The van der Waals surface area contributed by atoms with Crippen LogP contribution in [0.1, 0.15) is 0 Å². The second-order valence-electron chi connectivity index (χ2n) is 6.42. The Labute approximate surface area is 159 Å². The minimum absolute atomic E-state index is 0.455. The van der Waals surface area contributed by atoms with Crippen molar-refractivity contribution in [3.63, 3.8) is 0 Å². The molecule has 0 bridgehead atoms. The predicted molar refractivity (Wildman–Crippen MR) is 103 cm³/mol. The number of fused-ring (bicyclic) bond motifs is 1. The Morgan fingerprint density at radius 2 is 1.41 bits per heavy atom. The van der Waals surface area contributed by atoms with Gasteiger partial charge in [-0.1, -0.05) is 0 Å². The molecule has 10 nitrogen and oxygen atoms in total. The van der Waals surface area contributed by atoms with Gasteiger partial charge >= 0.3 is 0 Å². The smallest absolute Gasteiger partial charge is 0.245 e. The van der Waals surface area contributed by atoms with Gasteiger partial charge in [0, 0.05) is 63.2 Å². The van der Waals surface area contributed by atoms with Gasteiger partial charge in [0.2, 0.25) is 11.3 Å². The standard InChI is InChI=1S/C16H19N9OS/c1-2-18-12(11-17-1)23-3-5-24(6-4-23)15-16(25-7-9-27-10-8-25)20-14-13(19-15)21-26-22-14/h1-2,11H,3-10H2. The highest BCUT2D eigenvalue weighted by Gasteiger charge is 2.27. The number of rotatable bonds is 3. The van der Waals surface area contributed by atoms with Gasteiger partial charge in [-0.3, -0.25) is 4.98 Å². The molecule has 0 atom stereocenters. The molecule has 0 aliphatic carbocycles. The molecule has 2 aliphatic heterocycles. The summed E-state index contributed by atoms with van der Waals surface area (Å²) in [6.07, 6.45) is 5.23. The molecule has 11 heteroatoms. The van der Waals surface area contributed by atoms with Gasteiger partial charge in [0.25, 0.3) is 0 Å². The van der Waals surface area contributed by atoms with E-state index in [-0.39, 0.29) is 0 Å². The average Bonchev–Trinajstić information content (AvgIpc) is 3.22. The van der Waals surface area contributed by atoms with Crippen LogP contribution >= 0.6 is 11.8 Å². The van der Waals surface area contributed by atoms with Crippen LogP contribution in [0.4, 0.5) is 17.5 Å². The van der Waals surface area contributed by atoms with Gasteiger partial charge in [0.15, 0.2) is 11.6 Å². The Bertz CT molecular complexity index is 907. The van der Waals surface area contributed by atoms with Gasteiger partial charge in [0.1, 0.15) is 5.82 Å². The summed E-state index contributed by atoms with van der Waals surface area (Å²) in [5.74, 6) is 4.84. The summed E-state index contributed by atoms with van der Waals surface area (Å²) in [6.45, 7) is 5.29. The van der Waals surface area contributed by atoms with Gasteiger partial charge in [-0.2, -0.15) is 11.8 Å². The third-order valence-corrected chi connectivity index (χ3v) is 5.78. The summed E-state index contributed by atoms with van der Waals surface area (Å²) in [5.41, 5.74) is 0.918. The Hall–Kier alpha value is -2.69. The topological polar surface area (TPSA) is 100 Å². The van der Waals surface area contributed by atoms with Crippen molar-refractivity contribution in [2.75, 3.05) is 65.5 Å². The fourth-order valence-corrected chi connectivity index (χ4v) is 4.33. The number of piperazine rings is 1. The summed E-state index contributed by atoms with van der Waals surface area (Å²) in [6, 6.07) is 0. The van der Waals surface area contributed by atoms with E-state index in [9.17, 15) is 0 Å². The van der Waals surface area contributed by atoms with Gasteiger partial charge in [0.05, 0.1) is 6.20 Å². The lowest BCUT2D eigenvalue weighted by Gasteiger charge is -2.37. The molecule has 0 aromatic carbocycles. The summed E-state index contributed by atoms with van der Waals surface area (Å²) in [7, 11) is 0. The predicted octanol–water partition coefficient (Wildman–Crippen LogP) is 0.683. The summed E-state index contributed by atoms with van der Waals surface area (Å²) >= 11 is 1.97. The quantitative estimate of drug-likeness (QED) is 0.636. The third-order valence-electron chi connectivity index (χ3n) is 4.84. The Morgan fingerprint density at radius 1 is 0.778 bits per heavy atom. The lowest BCUT2D eigenvalue weighted by molar-refractivity contribution is 0.314. The molecule has 0 amide bonds. The molecule has 3 aromatic rings. The molecule has 2 saturated heterocycles. The maximum atomic E-state index is 4.83. The third kappa shape index (κ3) is 3.22. The molecule has 5 heterocycles. The van der Waals surface area contributed by atoms with Crippen LogP contribution in [0, 0.1) is 0 Å². The van der Waals surface area contributed by atoms with E-state index in [0.717, 1.165) is 68.2 Å². The first kappa shape index (κ1) is 16.5. The van der Waals surface area contributed by atoms with E-state index < -0.39 is 0 Å². The van der Waals surface area contributed by atoms with Crippen LogP contribution < -0.4 is 14.7 Å². The number of anilines is 3. The molecule has 0 saturated carbocycles. The second kappa shape index (κ2) is 7.14. The molecular formula is C16H19N9OS. The number of nitrogens with zero attached hydrogens (tertiary/aromatic N) is 9. The first-order valence-corrected chi connectivity index (χ1v) is 10.1. The van der Waals surface area contributed by atoms with Crippen molar-refractivity contribution in [1.29, 1.82) is 0 Å². The summed E-state index contributed by atoms with van der Waals surface area (Å²) in [4.78, 5) is 24.8. The molecule has 0 N–H and O–H groups in total. The zero-order valence-corrected chi connectivity index (χ0v) is 15.5. The van der Waals surface area contributed by atoms with E-state index in [1.54, 1.807) is 18.6 Å². The first-order valence-electron chi connectivity index (χ1n) is 8.97. The maximum absolute atomic E-state index is 4.83. The number of hydrogen-bond acceptors (Lipinski definition) is 11. The molecule has 3 aromatic heterocycles. The van der Waals surface area contributed by atoms with Crippen LogP contribution in [-0.2, 0) is 0 Å². The molecule has 27 heavy (non-hydrogen) atoms. The highest BCUT2D eigenvalue weighted by Crippen LogP contribution is 2.30. The average molecular weight is 385 g/mol. The van der Waals surface area contributed by atoms with Crippen molar-refractivity contribution < 1.29 is 4.63 Å². The molecule has 5 rings (SSSR count). The molecule has 2 aliphatic rings. The van der Waals surface area contributed by atoms with Crippen molar-refractivity contribution >= 4 is 40.5 Å². The lowest BCUT2D eigenvalue weighted by Crippen LogP contribution is -2.48. The summed E-state index contributed by atoms with van der Waals surface area (Å²) in [5, 5.41) is 7.76. The highest BCUT2D eigenvalue weighted by atomic mass is 32.2. The van der Waals surface area contributed by atoms with Crippen molar-refractivity contribution in [3.8, 4) is 0 Å². The zero-order valence-electron chi connectivity index (χ0n) is 14.7. The van der Waals surface area contributed by atoms with E-state index in [1.165, 1.54) is 0 Å². The van der Waals surface area contributed by atoms with E-state index in [0.29, 0.717) is 11.3 Å².